The number of carbonyl (C=O) groups is 1. The maximum absolute atomic E-state index is 12.6. The van der Waals surface area contributed by atoms with E-state index in [-0.39, 0.29) is 22.1 Å². The van der Waals surface area contributed by atoms with Crippen LogP contribution in [0.15, 0.2) is 17.0 Å². The standard InChI is InChI=1S/C15H20Cl2N2O4S/c1-3-23-15(20)19-6-4-11(5-7-19)18-24(21,22)14-8-10(2)12(16)9-13(14)17/h8-9,11,18H,3-7H2,1-2H3. The Bertz CT molecular complexity index is 716. The molecule has 1 aliphatic heterocycles. The van der Waals surface area contributed by atoms with Crippen molar-refractivity contribution in [3.05, 3.63) is 27.7 Å². The number of nitrogens with one attached hydrogen (secondary N) is 1. The molecular weight excluding hydrogens is 375 g/mol. The van der Waals surface area contributed by atoms with Crippen LogP contribution in [-0.2, 0) is 14.8 Å². The minimum Gasteiger partial charge on any atom is -0.450 e. The average Bonchev–Trinajstić information content (AvgIpc) is 2.51. The Hall–Kier alpha value is -1.02. The Labute approximate surface area is 152 Å². The third-order valence-corrected chi connectivity index (χ3v) is 6.24. The van der Waals surface area contributed by atoms with Gasteiger partial charge >= 0.3 is 6.09 Å². The van der Waals surface area contributed by atoms with E-state index in [2.05, 4.69) is 4.72 Å². The van der Waals surface area contributed by atoms with Crippen LogP contribution < -0.4 is 4.72 Å². The molecule has 1 fully saturated rings. The predicted octanol–water partition coefficient (Wildman–Crippen LogP) is 3.20. The molecule has 1 amide bonds. The summed E-state index contributed by atoms with van der Waals surface area (Å²) in [5, 5.41) is 0.503. The molecule has 9 heteroatoms. The molecule has 0 aromatic heterocycles. The van der Waals surface area contributed by atoms with Crippen molar-refractivity contribution in [2.45, 2.75) is 37.6 Å². The fourth-order valence-electron chi connectivity index (χ4n) is 2.51. The second-order valence-electron chi connectivity index (χ2n) is 5.61. The Morgan fingerprint density at radius 3 is 2.50 bits per heavy atom. The highest BCUT2D eigenvalue weighted by Crippen LogP contribution is 2.28. The minimum atomic E-state index is -3.75. The summed E-state index contributed by atoms with van der Waals surface area (Å²) < 4.78 is 32.7. The number of ether oxygens (including phenoxy) is 1. The second-order valence-corrected chi connectivity index (χ2v) is 8.11. The van der Waals surface area contributed by atoms with Crippen molar-refractivity contribution in [3.63, 3.8) is 0 Å². The molecular formula is C15H20Cl2N2O4S. The normalized spacial score (nSPS) is 16.2. The van der Waals surface area contributed by atoms with Crippen molar-refractivity contribution in [1.29, 1.82) is 0 Å². The molecule has 0 bridgehead atoms. The van der Waals surface area contributed by atoms with Crippen LogP contribution in [0, 0.1) is 6.92 Å². The minimum absolute atomic E-state index is 0.0129. The van der Waals surface area contributed by atoms with Gasteiger partial charge in [-0.2, -0.15) is 0 Å². The number of benzene rings is 1. The number of hydrogen-bond donors (Lipinski definition) is 1. The molecule has 0 saturated carbocycles. The van der Waals surface area contributed by atoms with Gasteiger partial charge in [0.25, 0.3) is 0 Å². The van der Waals surface area contributed by atoms with Crippen molar-refractivity contribution < 1.29 is 17.9 Å². The Morgan fingerprint density at radius 2 is 1.92 bits per heavy atom. The number of piperidine rings is 1. The monoisotopic (exact) mass is 394 g/mol. The van der Waals surface area contributed by atoms with Gasteiger partial charge in [-0.1, -0.05) is 23.2 Å². The van der Waals surface area contributed by atoms with Gasteiger partial charge < -0.3 is 9.64 Å². The van der Waals surface area contributed by atoms with Gasteiger partial charge in [-0.25, -0.2) is 17.9 Å². The molecule has 1 saturated heterocycles. The van der Waals surface area contributed by atoms with Crippen LogP contribution in [0.5, 0.6) is 0 Å². The number of likely N-dealkylation sites (tertiary alicyclic amines) is 1. The topological polar surface area (TPSA) is 75.7 Å². The van der Waals surface area contributed by atoms with E-state index in [0.717, 1.165) is 0 Å². The van der Waals surface area contributed by atoms with Crippen LogP contribution in [0.25, 0.3) is 0 Å². The average molecular weight is 395 g/mol. The van der Waals surface area contributed by atoms with E-state index in [9.17, 15) is 13.2 Å². The Kier molecular flexibility index (Phi) is 6.36. The lowest BCUT2D eigenvalue weighted by molar-refractivity contribution is 0.0966. The Balaban J connectivity index is 2.04. The predicted molar refractivity (Wildman–Crippen MR) is 93.1 cm³/mol. The zero-order chi connectivity index (χ0) is 17.9. The quantitative estimate of drug-likeness (QED) is 0.850. The van der Waals surface area contributed by atoms with E-state index in [4.69, 9.17) is 27.9 Å². The molecule has 1 aromatic carbocycles. The molecule has 6 nitrogen and oxygen atoms in total. The first-order chi connectivity index (χ1) is 11.2. The number of sulfonamides is 1. The summed E-state index contributed by atoms with van der Waals surface area (Å²) in [6.07, 6.45) is 0.667. The summed E-state index contributed by atoms with van der Waals surface area (Å²) in [6, 6.07) is 2.63. The molecule has 1 aliphatic rings. The SMILES string of the molecule is CCOC(=O)N1CCC(NS(=O)(=O)c2cc(C)c(Cl)cc2Cl)CC1. The third-order valence-electron chi connectivity index (χ3n) is 3.85. The lowest BCUT2D eigenvalue weighted by atomic mass is 10.1. The van der Waals surface area contributed by atoms with Crippen molar-refractivity contribution in [2.75, 3.05) is 19.7 Å². The summed E-state index contributed by atoms with van der Waals surface area (Å²) >= 11 is 12.0. The van der Waals surface area contributed by atoms with Crippen molar-refractivity contribution in [2.24, 2.45) is 0 Å². The highest BCUT2D eigenvalue weighted by molar-refractivity contribution is 7.89. The number of halogens is 2. The molecule has 0 spiro atoms. The molecule has 2 rings (SSSR count). The highest BCUT2D eigenvalue weighted by Gasteiger charge is 2.28. The molecule has 24 heavy (non-hydrogen) atoms. The third kappa shape index (κ3) is 4.53. The lowest BCUT2D eigenvalue weighted by Crippen LogP contribution is -2.46. The molecule has 0 atom stereocenters. The Morgan fingerprint density at radius 1 is 1.29 bits per heavy atom. The summed E-state index contributed by atoms with van der Waals surface area (Å²) in [6.45, 7) is 4.67. The van der Waals surface area contributed by atoms with Gasteiger partial charge in [-0.05, 0) is 44.4 Å². The lowest BCUT2D eigenvalue weighted by Gasteiger charge is -2.31. The van der Waals surface area contributed by atoms with E-state index >= 15 is 0 Å². The maximum atomic E-state index is 12.6. The van der Waals surface area contributed by atoms with Crippen molar-refractivity contribution in [3.8, 4) is 0 Å². The zero-order valence-electron chi connectivity index (χ0n) is 13.5. The smallest absolute Gasteiger partial charge is 0.409 e. The van der Waals surface area contributed by atoms with E-state index in [1.165, 1.54) is 12.1 Å². The first kappa shape index (κ1) is 19.3. The van der Waals surface area contributed by atoms with Gasteiger partial charge in [-0.3, -0.25) is 0 Å². The van der Waals surface area contributed by atoms with Gasteiger partial charge in [0.2, 0.25) is 10.0 Å². The second kappa shape index (κ2) is 7.91. The molecule has 0 radical (unpaired) electrons. The fraction of sp³-hybridized carbons (Fsp3) is 0.533. The molecule has 1 N–H and O–H groups in total. The van der Waals surface area contributed by atoms with Crippen molar-refractivity contribution >= 4 is 39.3 Å². The van der Waals surface area contributed by atoms with Crippen LogP contribution in [0.2, 0.25) is 10.0 Å². The van der Waals surface area contributed by atoms with Crippen LogP contribution in [-0.4, -0.2) is 45.1 Å². The van der Waals surface area contributed by atoms with Crippen LogP contribution in [0.1, 0.15) is 25.3 Å². The first-order valence-electron chi connectivity index (χ1n) is 7.64. The molecule has 1 heterocycles. The van der Waals surface area contributed by atoms with Gasteiger partial charge in [0.1, 0.15) is 4.90 Å². The highest BCUT2D eigenvalue weighted by atomic mass is 35.5. The molecule has 0 aliphatic carbocycles. The van der Waals surface area contributed by atoms with Gasteiger partial charge in [0.05, 0.1) is 11.6 Å². The van der Waals surface area contributed by atoms with E-state index in [1.807, 2.05) is 0 Å². The number of aryl methyl sites for hydroxylation is 1. The van der Waals surface area contributed by atoms with Crippen LogP contribution in [0.3, 0.4) is 0 Å². The summed E-state index contributed by atoms with van der Waals surface area (Å²) in [4.78, 5) is 13.3. The number of amides is 1. The van der Waals surface area contributed by atoms with Crippen LogP contribution >= 0.6 is 23.2 Å². The van der Waals surface area contributed by atoms with Gasteiger partial charge in [0.15, 0.2) is 0 Å². The molecule has 1 aromatic rings. The summed E-state index contributed by atoms with van der Waals surface area (Å²) in [5.41, 5.74) is 0.638. The number of carbonyl (C=O) groups excluding carboxylic acids is 1. The summed E-state index contributed by atoms with van der Waals surface area (Å²) in [5.74, 6) is 0. The first-order valence-corrected chi connectivity index (χ1v) is 9.88. The summed E-state index contributed by atoms with van der Waals surface area (Å²) in [7, 11) is -3.75. The largest absolute Gasteiger partial charge is 0.450 e. The van der Waals surface area contributed by atoms with E-state index in [1.54, 1.807) is 18.7 Å². The van der Waals surface area contributed by atoms with Crippen LogP contribution in [0.4, 0.5) is 4.79 Å². The van der Waals surface area contributed by atoms with Gasteiger partial charge in [-0.15, -0.1) is 0 Å². The molecule has 134 valence electrons. The zero-order valence-corrected chi connectivity index (χ0v) is 15.8. The molecule has 0 unspecified atom stereocenters. The number of rotatable bonds is 4. The van der Waals surface area contributed by atoms with Gasteiger partial charge in [0, 0.05) is 24.2 Å². The fourth-order valence-corrected chi connectivity index (χ4v) is 4.65. The maximum Gasteiger partial charge on any atom is 0.409 e. The number of hydrogen-bond acceptors (Lipinski definition) is 4. The van der Waals surface area contributed by atoms with Crippen molar-refractivity contribution in [1.82, 2.24) is 9.62 Å². The number of nitrogens with zero attached hydrogens (tertiary/aromatic N) is 1. The van der Waals surface area contributed by atoms with E-state index < -0.39 is 10.0 Å². The van der Waals surface area contributed by atoms with E-state index in [0.29, 0.717) is 43.1 Å².